The van der Waals surface area contributed by atoms with Crippen LogP contribution in [-0.4, -0.2) is 18.4 Å². The Kier molecular flexibility index (Phi) is 6.21. The van der Waals surface area contributed by atoms with E-state index in [4.69, 9.17) is 11.6 Å². The molecule has 2 aromatic carbocycles. The topological polar surface area (TPSA) is 58.2 Å². The van der Waals surface area contributed by atoms with Crippen molar-refractivity contribution in [2.45, 2.75) is 32.6 Å². The standard InChI is InChI=1S/C20H23ClN2O2/c1-20(2,3)15-6-10-17(11-7-15)23-18(24)12-13-22-19(25)14-4-8-16(21)9-5-14/h4-11H,12-13H2,1-3H3,(H,22,25)(H,23,24). The van der Waals surface area contributed by atoms with E-state index >= 15 is 0 Å². The third-order valence-corrected chi connectivity index (χ3v) is 4.03. The molecule has 0 bridgehead atoms. The van der Waals surface area contributed by atoms with Gasteiger partial charge >= 0.3 is 0 Å². The number of hydrogen-bond acceptors (Lipinski definition) is 2. The second kappa shape index (κ2) is 8.17. The second-order valence-corrected chi connectivity index (χ2v) is 7.32. The molecule has 0 unspecified atom stereocenters. The summed E-state index contributed by atoms with van der Waals surface area (Å²) in [5.74, 6) is -0.362. The molecule has 5 heteroatoms. The van der Waals surface area contributed by atoms with Crippen LogP contribution in [0.5, 0.6) is 0 Å². The van der Waals surface area contributed by atoms with Crippen LogP contribution in [0.2, 0.25) is 5.02 Å². The van der Waals surface area contributed by atoms with Gasteiger partial charge in [0, 0.05) is 29.2 Å². The van der Waals surface area contributed by atoms with Gasteiger partial charge in [-0.3, -0.25) is 9.59 Å². The minimum atomic E-state index is -0.223. The number of benzene rings is 2. The average molecular weight is 359 g/mol. The quantitative estimate of drug-likeness (QED) is 0.832. The predicted octanol–water partition coefficient (Wildman–Crippen LogP) is 4.40. The van der Waals surface area contributed by atoms with Crippen molar-refractivity contribution in [1.29, 1.82) is 0 Å². The van der Waals surface area contributed by atoms with Crippen molar-refractivity contribution in [2.75, 3.05) is 11.9 Å². The van der Waals surface area contributed by atoms with Crippen molar-refractivity contribution in [3.63, 3.8) is 0 Å². The van der Waals surface area contributed by atoms with Gasteiger partial charge in [0.15, 0.2) is 0 Å². The van der Waals surface area contributed by atoms with Gasteiger partial charge < -0.3 is 10.6 Å². The molecule has 2 aromatic rings. The van der Waals surface area contributed by atoms with E-state index in [0.717, 1.165) is 5.69 Å². The maximum atomic E-state index is 12.0. The van der Waals surface area contributed by atoms with Crippen molar-refractivity contribution in [1.82, 2.24) is 5.32 Å². The van der Waals surface area contributed by atoms with E-state index in [1.807, 2.05) is 24.3 Å². The normalized spacial score (nSPS) is 11.0. The Morgan fingerprint density at radius 1 is 0.960 bits per heavy atom. The fraction of sp³-hybridized carbons (Fsp3) is 0.300. The lowest BCUT2D eigenvalue weighted by atomic mass is 9.87. The van der Waals surface area contributed by atoms with E-state index in [2.05, 4.69) is 31.4 Å². The second-order valence-electron chi connectivity index (χ2n) is 6.89. The first-order valence-corrected chi connectivity index (χ1v) is 8.58. The Morgan fingerprint density at radius 3 is 2.12 bits per heavy atom. The van der Waals surface area contributed by atoms with Gasteiger partial charge in [0.05, 0.1) is 0 Å². The van der Waals surface area contributed by atoms with Crippen molar-refractivity contribution in [2.24, 2.45) is 0 Å². The number of halogens is 1. The smallest absolute Gasteiger partial charge is 0.251 e. The van der Waals surface area contributed by atoms with Gasteiger partial charge in [-0.25, -0.2) is 0 Å². The molecule has 2 rings (SSSR count). The van der Waals surface area contributed by atoms with Crippen LogP contribution in [0.4, 0.5) is 5.69 Å². The van der Waals surface area contributed by atoms with Crippen LogP contribution in [0.1, 0.15) is 43.1 Å². The third-order valence-electron chi connectivity index (χ3n) is 3.78. The molecule has 0 saturated carbocycles. The maximum absolute atomic E-state index is 12.0. The first-order valence-electron chi connectivity index (χ1n) is 8.20. The minimum absolute atomic E-state index is 0.0779. The molecule has 0 aliphatic carbocycles. The van der Waals surface area contributed by atoms with Gasteiger partial charge in [0.2, 0.25) is 5.91 Å². The fourth-order valence-electron chi connectivity index (χ4n) is 2.27. The minimum Gasteiger partial charge on any atom is -0.352 e. The highest BCUT2D eigenvalue weighted by molar-refractivity contribution is 6.30. The zero-order chi connectivity index (χ0) is 18.4. The summed E-state index contributed by atoms with van der Waals surface area (Å²) < 4.78 is 0. The van der Waals surface area contributed by atoms with Crippen LogP contribution in [0.3, 0.4) is 0 Å². The number of anilines is 1. The Labute approximate surface area is 153 Å². The van der Waals surface area contributed by atoms with E-state index in [0.29, 0.717) is 10.6 Å². The highest BCUT2D eigenvalue weighted by Gasteiger charge is 2.13. The van der Waals surface area contributed by atoms with E-state index in [-0.39, 0.29) is 30.2 Å². The van der Waals surface area contributed by atoms with Crippen LogP contribution < -0.4 is 10.6 Å². The van der Waals surface area contributed by atoms with Crippen LogP contribution in [-0.2, 0) is 10.2 Å². The van der Waals surface area contributed by atoms with E-state index in [1.165, 1.54) is 5.56 Å². The summed E-state index contributed by atoms with van der Waals surface area (Å²) in [5, 5.41) is 6.13. The van der Waals surface area contributed by atoms with Crippen LogP contribution >= 0.6 is 11.6 Å². The Morgan fingerprint density at radius 2 is 1.56 bits per heavy atom. The molecule has 4 nitrogen and oxygen atoms in total. The van der Waals surface area contributed by atoms with Crippen molar-refractivity contribution in [3.8, 4) is 0 Å². The van der Waals surface area contributed by atoms with Gasteiger partial charge in [-0.05, 0) is 47.4 Å². The molecule has 132 valence electrons. The number of amides is 2. The van der Waals surface area contributed by atoms with E-state index < -0.39 is 0 Å². The highest BCUT2D eigenvalue weighted by atomic mass is 35.5. The molecule has 0 aromatic heterocycles. The first-order chi connectivity index (χ1) is 11.8. The van der Waals surface area contributed by atoms with Gasteiger partial charge in [0.25, 0.3) is 5.91 Å². The van der Waals surface area contributed by atoms with E-state index in [9.17, 15) is 9.59 Å². The van der Waals surface area contributed by atoms with E-state index in [1.54, 1.807) is 24.3 Å². The molecule has 0 aliphatic rings. The molecular formula is C20H23ClN2O2. The van der Waals surface area contributed by atoms with Crippen LogP contribution in [0.15, 0.2) is 48.5 Å². The summed E-state index contributed by atoms with van der Waals surface area (Å²) in [6.45, 7) is 6.70. The maximum Gasteiger partial charge on any atom is 0.251 e. The zero-order valence-corrected chi connectivity index (χ0v) is 15.5. The van der Waals surface area contributed by atoms with Gasteiger partial charge in [-0.2, -0.15) is 0 Å². The number of carbonyl (C=O) groups is 2. The SMILES string of the molecule is CC(C)(C)c1ccc(NC(=O)CCNC(=O)c2ccc(Cl)cc2)cc1. The lowest BCUT2D eigenvalue weighted by Gasteiger charge is -2.19. The van der Waals surface area contributed by atoms with Gasteiger partial charge in [0.1, 0.15) is 0 Å². The first kappa shape index (κ1) is 19.0. The largest absolute Gasteiger partial charge is 0.352 e. The van der Waals surface area contributed by atoms with Crippen molar-refractivity contribution in [3.05, 3.63) is 64.7 Å². The molecule has 2 amide bonds. The molecule has 0 saturated heterocycles. The summed E-state index contributed by atoms with van der Waals surface area (Å²) in [4.78, 5) is 23.9. The van der Waals surface area contributed by atoms with Gasteiger partial charge in [-0.15, -0.1) is 0 Å². The summed E-state index contributed by atoms with van der Waals surface area (Å²) >= 11 is 5.79. The molecule has 25 heavy (non-hydrogen) atoms. The number of hydrogen-bond donors (Lipinski definition) is 2. The lowest BCUT2D eigenvalue weighted by Crippen LogP contribution is -2.27. The molecule has 2 N–H and O–H groups in total. The predicted molar refractivity (Wildman–Crippen MR) is 102 cm³/mol. The Bertz CT molecular complexity index is 732. The molecular weight excluding hydrogens is 336 g/mol. The molecule has 0 aliphatic heterocycles. The summed E-state index contributed by atoms with van der Waals surface area (Å²) in [6.07, 6.45) is 0.209. The highest BCUT2D eigenvalue weighted by Crippen LogP contribution is 2.23. The van der Waals surface area contributed by atoms with Crippen molar-refractivity contribution < 1.29 is 9.59 Å². The number of carbonyl (C=O) groups excluding carboxylic acids is 2. The van der Waals surface area contributed by atoms with Crippen LogP contribution in [0, 0.1) is 0 Å². The van der Waals surface area contributed by atoms with Crippen LogP contribution in [0.25, 0.3) is 0 Å². The fourth-order valence-corrected chi connectivity index (χ4v) is 2.40. The average Bonchev–Trinajstić information content (AvgIpc) is 2.55. The number of nitrogens with one attached hydrogen (secondary N) is 2. The molecule has 0 atom stereocenters. The van der Waals surface area contributed by atoms with Gasteiger partial charge in [-0.1, -0.05) is 44.5 Å². The summed E-state index contributed by atoms with van der Waals surface area (Å²) in [5.41, 5.74) is 2.56. The third kappa shape index (κ3) is 5.91. The molecule has 0 spiro atoms. The summed E-state index contributed by atoms with van der Waals surface area (Å²) in [6, 6.07) is 14.4. The van der Waals surface area contributed by atoms with Crippen molar-refractivity contribution >= 4 is 29.1 Å². The molecule has 0 heterocycles. The molecule has 0 radical (unpaired) electrons. The lowest BCUT2D eigenvalue weighted by molar-refractivity contribution is -0.116. The zero-order valence-electron chi connectivity index (χ0n) is 14.7. The monoisotopic (exact) mass is 358 g/mol. The number of rotatable bonds is 5. The Balaban J connectivity index is 1.79. The molecule has 0 fully saturated rings. The summed E-state index contributed by atoms with van der Waals surface area (Å²) in [7, 11) is 0. The Hall–Kier alpha value is -2.33.